The molecule has 1 amide bonds. The van der Waals surface area contributed by atoms with Crippen LogP contribution in [0.15, 0.2) is 24.3 Å². The highest BCUT2D eigenvalue weighted by atomic mass is 127. The van der Waals surface area contributed by atoms with Crippen molar-refractivity contribution in [3.05, 3.63) is 43.4 Å². The van der Waals surface area contributed by atoms with E-state index in [0.717, 1.165) is 14.1 Å². The van der Waals surface area contributed by atoms with Crippen LogP contribution in [0.2, 0.25) is 5.02 Å². The molecule has 2 aromatic rings. The number of amides is 1. The van der Waals surface area contributed by atoms with E-state index in [1.807, 2.05) is 25.1 Å². The van der Waals surface area contributed by atoms with Crippen molar-refractivity contribution < 1.29 is 9.53 Å². The Morgan fingerprint density at radius 2 is 2.20 bits per heavy atom. The molecule has 1 atom stereocenters. The quantitative estimate of drug-likeness (QED) is 0.707. The maximum atomic E-state index is 11.9. The van der Waals surface area contributed by atoms with E-state index in [1.165, 1.54) is 11.5 Å². The van der Waals surface area contributed by atoms with Crippen LogP contribution in [0.1, 0.15) is 24.3 Å². The fourth-order valence-electron chi connectivity index (χ4n) is 1.64. The van der Waals surface area contributed by atoms with Gasteiger partial charge in [0.25, 0.3) is 0 Å². The van der Waals surface area contributed by atoms with Crippen molar-refractivity contribution in [3.63, 3.8) is 0 Å². The first-order chi connectivity index (χ1) is 9.49. The lowest BCUT2D eigenvalue weighted by Gasteiger charge is -2.15. The summed E-state index contributed by atoms with van der Waals surface area (Å²) < 4.78 is 10.4. The molecule has 0 fully saturated rings. The third kappa shape index (κ3) is 3.62. The van der Waals surface area contributed by atoms with Crippen molar-refractivity contribution in [2.45, 2.75) is 20.0 Å². The minimum atomic E-state index is -0.515. The predicted octanol–water partition coefficient (Wildman–Crippen LogP) is 5.02. The number of nitrogens with one attached hydrogen (secondary N) is 1. The molecule has 7 heteroatoms. The molecular weight excluding hydrogens is 411 g/mol. The zero-order chi connectivity index (χ0) is 14.7. The van der Waals surface area contributed by atoms with Crippen molar-refractivity contribution >= 4 is 57.5 Å². The van der Waals surface area contributed by atoms with Gasteiger partial charge in [0.05, 0.1) is 11.4 Å². The van der Waals surface area contributed by atoms with E-state index >= 15 is 0 Å². The summed E-state index contributed by atoms with van der Waals surface area (Å²) in [6.07, 6.45) is -0.938. The fraction of sp³-hybridized carbons (Fsp3) is 0.231. The summed E-state index contributed by atoms with van der Waals surface area (Å²) in [5.41, 5.74) is 2.26. The van der Waals surface area contributed by atoms with Gasteiger partial charge >= 0.3 is 6.09 Å². The van der Waals surface area contributed by atoms with E-state index < -0.39 is 12.2 Å². The Bertz CT molecular complexity index is 613. The van der Waals surface area contributed by atoms with Crippen LogP contribution >= 0.6 is 45.7 Å². The summed E-state index contributed by atoms with van der Waals surface area (Å²) in [5, 5.41) is 3.29. The van der Waals surface area contributed by atoms with Gasteiger partial charge in [-0.2, -0.15) is 4.37 Å². The smallest absolute Gasteiger partial charge is 0.412 e. The van der Waals surface area contributed by atoms with Crippen LogP contribution in [0.3, 0.4) is 0 Å². The van der Waals surface area contributed by atoms with Crippen molar-refractivity contribution in [1.29, 1.82) is 0 Å². The van der Waals surface area contributed by atoms with E-state index in [-0.39, 0.29) is 0 Å². The molecule has 20 heavy (non-hydrogen) atoms. The van der Waals surface area contributed by atoms with Gasteiger partial charge in [-0.25, -0.2) is 4.79 Å². The monoisotopic (exact) mass is 422 g/mol. The number of aryl methyl sites for hydroxylation is 1. The summed E-state index contributed by atoms with van der Waals surface area (Å²) in [4.78, 5) is 11.9. The van der Waals surface area contributed by atoms with Gasteiger partial charge in [0.15, 0.2) is 0 Å². The Kier molecular flexibility index (Phi) is 5.22. The Morgan fingerprint density at radius 3 is 2.80 bits per heavy atom. The van der Waals surface area contributed by atoms with Gasteiger partial charge in [0, 0.05) is 10.6 Å². The largest absolute Gasteiger partial charge is 0.441 e. The number of carbonyl (C=O) groups excluding carboxylic acids is 1. The maximum absolute atomic E-state index is 11.9. The minimum Gasteiger partial charge on any atom is -0.441 e. The molecule has 106 valence electrons. The van der Waals surface area contributed by atoms with Crippen LogP contribution in [-0.2, 0) is 4.74 Å². The topological polar surface area (TPSA) is 51.2 Å². The zero-order valence-corrected chi connectivity index (χ0v) is 14.5. The molecule has 2 rings (SSSR count). The number of aromatic nitrogens is 1. The van der Waals surface area contributed by atoms with E-state index in [1.54, 1.807) is 13.0 Å². The number of halogens is 2. The highest BCUT2D eigenvalue weighted by Crippen LogP contribution is 2.28. The number of nitrogens with zero attached hydrogens (tertiary/aromatic N) is 1. The number of hydrogen-bond acceptors (Lipinski definition) is 4. The molecule has 4 nitrogen and oxygen atoms in total. The number of hydrogen-bond donors (Lipinski definition) is 1. The second-order valence-electron chi connectivity index (χ2n) is 4.11. The van der Waals surface area contributed by atoms with Crippen molar-refractivity contribution in [2.75, 3.05) is 5.32 Å². The summed E-state index contributed by atoms with van der Waals surface area (Å²) in [5.74, 6) is 0. The first kappa shape index (κ1) is 15.5. The van der Waals surface area contributed by atoms with E-state index in [4.69, 9.17) is 16.3 Å². The van der Waals surface area contributed by atoms with Crippen molar-refractivity contribution in [2.24, 2.45) is 0 Å². The summed E-state index contributed by atoms with van der Waals surface area (Å²) in [7, 11) is 0. The molecule has 1 aromatic carbocycles. The molecule has 0 bridgehead atoms. The first-order valence-electron chi connectivity index (χ1n) is 5.83. The summed E-state index contributed by atoms with van der Waals surface area (Å²) in [6.45, 7) is 3.62. The lowest BCUT2D eigenvalue weighted by atomic mass is 10.1. The molecule has 0 aliphatic heterocycles. The number of anilines is 1. The lowest BCUT2D eigenvalue weighted by molar-refractivity contribution is 0.121. The standard InChI is InChI=1S/C13H12ClIN2O2S/c1-7-11(12(15)20-17-7)16-13(18)19-8(2)9-5-3-4-6-10(9)14/h3-6,8H,1-2H3,(H,16,18)/t8-/m1/s1. The Balaban J connectivity index is 2.04. The Labute approximate surface area is 139 Å². The maximum Gasteiger partial charge on any atom is 0.412 e. The van der Waals surface area contributed by atoms with E-state index in [9.17, 15) is 4.79 Å². The van der Waals surface area contributed by atoms with Gasteiger partial charge in [-0.05, 0) is 54.0 Å². The number of carbonyl (C=O) groups is 1. The average Bonchev–Trinajstić information content (AvgIpc) is 2.71. The van der Waals surface area contributed by atoms with Crippen LogP contribution in [0.5, 0.6) is 0 Å². The lowest BCUT2D eigenvalue weighted by Crippen LogP contribution is -2.17. The van der Waals surface area contributed by atoms with Gasteiger partial charge in [-0.3, -0.25) is 5.32 Å². The molecule has 0 spiro atoms. The number of rotatable bonds is 3. The van der Waals surface area contributed by atoms with Gasteiger partial charge < -0.3 is 4.74 Å². The van der Waals surface area contributed by atoms with Crippen molar-refractivity contribution in [3.8, 4) is 0 Å². The van der Waals surface area contributed by atoms with Crippen LogP contribution in [0.4, 0.5) is 10.5 Å². The Morgan fingerprint density at radius 1 is 1.50 bits per heavy atom. The highest BCUT2D eigenvalue weighted by Gasteiger charge is 2.17. The van der Waals surface area contributed by atoms with Crippen molar-refractivity contribution in [1.82, 2.24) is 4.37 Å². The molecule has 0 aliphatic rings. The van der Waals surface area contributed by atoms with Gasteiger partial charge in [0.1, 0.15) is 8.99 Å². The molecule has 0 unspecified atom stereocenters. The zero-order valence-electron chi connectivity index (χ0n) is 10.8. The highest BCUT2D eigenvalue weighted by molar-refractivity contribution is 14.1. The average molecular weight is 423 g/mol. The van der Waals surface area contributed by atoms with Gasteiger partial charge in [-0.15, -0.1) is 0 Å². The summed E-state index contributed by atoms with van der Waals surface area (Å²) in [6, 6.07) is 7.29. The second-order valence-corrected chi connectivity index (χ2v) is 7.10. The molecule has 0 saturated heterocycles. The predicted molar refractivity (Wildman–Crippen MR) is 89.5 cm³/mol. The molecule has 1 N–H and O–H groups in total. The second kappa shape index (κ2) is 6.73. The molecular formula is C13H12ClIN2O2S. The minimum absolute atomic E-state index is 0.423. The molecule has 1 aromatic heterocycles. The van der Waals surface area contributed by atoms with Gasteiger partial charge in [0.2, 0.25) is 0 Å². The molecule has 0 aliphatic carbocycles. The van der Waals surface area contributed by atoms with Crippen LogP contribution in [-0.4, -0.2) is 10.5 Å². The van der Waals surface area contributed by atoms with Crippen LogP contribution in [0, 0.1) is 9.81 Å². The van der Waals surface area contributed by atoms with E-state index in [2.05, 4.69) is 32.3 Å². The third-order valence-electron chi connectivity index (χ3n) is 2.68. The molecule has 0 saturated carbocycles. The van der Waals surface area contributed by atoms with Crippen LogP contribution in [0.25, 0.3) is 0 Å². The molecule has 0 radical (unpaired) electrons. The Hall–Kier alpha value is -0.860. The third-order valence-corrected chi connectivity index (χ3v) is 4.88. The van der Waals surface area contributed by atoms with Crippen LogP contribution < -0.4 is 5.32 Å². The number of ether oxygens (including phenoxy) is 1. The fourth-order valence-corrected chi connectivity index (χ4v) is 3.35. The molecule has 1 heterocycles. The normalized spacial score (nSPS) is 12.0. The first-order valence-corrected chi connectivity index (χ1v) is 8.06. The SMILES string of the molecule is Cc1nsc(I)c1NC(=O)O[C@H](C)c1ccccc1Cl. The number of benzene rings is 1. The summed E-state index contributed by atoms with van der Waals surface area (Å²) >= 11 is 9.54. The van der Waals surface area contributed by atoms with E-state index in [0.29, 0.717) is 10.7 Å². The van der Waals surface area contributed by atoms with Gasteiger partial charge in [-0.1, -0.05) is 29.8 Å².